The number of sulfone groups is 1. The molecule has 4 rings (SSSR count). The minimum atomic E-state index is -3.41. The van der Waals surface area contributed by atoms with Crippen LogP contribution in [0.2, 0.25) is 10.0 Å². The summed E-state index contributed by atoms with van der Waals surface area (Å²) in [5, 5.41) is 3.89. The second kappa shape index (κ2) is 10.6. The van der Waals surface area contributed by atoms with Gasteiger partial charge in [0.05, 0.1) is 39.5 Å². The summed E-state index contributed by atoms with van der Waals surface area (Å²) in [6.07, 6.45) is 0. The number of morpholine rings is 1. The lowest BCUT2D eigenvalue weighted by atomic mass is 10.1. The lowest BCUT2D eigenvalue weighted by molar-refractivity contribution is 0.0408. The van der Waals surface area contributed by atoms with Crippen molar-refractivity contribution in [3.8, 4) is 0 Å². The van der Waals surface area contributed by atoms with Crippen molar-refractivity contribution in [2.75, 3.05) is 49.7 Å². The zero-order valence-corrected chi connectivity index (χ0v) is 21.1. The molecule has 2 heterocycles. The van der Waals surface area contributed by atoms with Gasteiger partial charge in [-0.2, -0.15) is 0 Å². The molecule has 3 aromatic rings. The van der Waals surface area contributed by atoms with Gasteiger partial charge < -0.3 is 15.8 Å². The van der Waals surface area contributed by atoms with Gasteiger partial charge in [-0.05, 0) is 36.4 Å². The van der Waals surface area contributed by atoms with Crippen LogP contribution in [0.4, 0.5) is 16.6 Å². The van der Waals surface area contributed by atoms with Crippen LogP contribution in [0.3, 0.4) is 0 Å². The lowest BCUT2D eigenvalue weighted by Crippen LogP contribution is -2.39. The Hall–Kier alpha value is -2.21. The molecule has 0 saturated carbocycles. The summed E-state index contributed by atoms with van der Waals surface area (Å²) < 4.78 is 30.7. The Morgan fingerprint density at radius 2 is 1.76 bits per heavy atom. The van der Waals surface area contributed by atoms with E-state index in [0.717, 1.165) is 24.4 Å². The van der Waals surface area contributed by atoms with E-state index >= 15 is 0 Å². The molecule has 0 atom stereocenters. The number of benzene rings is 2. The van der Waals surface area contributed by atoms with E-state index in [2.05, 4.69) is 15.2 Å². The van der Waals surface area contributed by atoms with Gasteiger partial charge in [-0.1, -0.05) is 40.6 Å². The lowest BCUT2D eigenvalue weighted by Gasteiger charge is -2.26. The van der Waals surface area contributed by atoms with E-state index in [1.54, 1.807) is 42.5 Å². The standard InChI is InChI=1S/C22H22Cl2N4O4S2/c23-16-2-1-3-17(24)18(16)19(29)20-21(25)27-22(33-20)26-14-4-6-15(7-5-14)34(30,31)13-10-28-8-11-32-12-9-28/h1-7H,8-13,25H2,(H,26,27). The number of nitrogens with one attached hydrogen (secondary N) is 1. The Kier molecular flexibility index (Phi) is 7.76. The first-order valence-corrected chi connectivity index (χ1v) is 13.6. The number of aromatic nitrogens is 1. The van der Waals surface area contributed by atoms with Crippen molar-refractivity contribution in [3.63, 3.8) is 0 Å². The summed E-state index contributed by atoms with van der Waals surface area (Å²) in [6, 6.07) is 11.2. The maximum absolute atomic E-state index is 12.9. The molecule has 8 nitrogen and oxygen atoms in total. The molecule has 0 amide bonds. The van der Waals surface area contributed by atoms with Gasteiger partial charge in [0.25, 0.3) is 0 Å². The monoisotopic (exact) mass is 540 g/mol. The molecule has 1 aromatic heterocycles. The summed E-state index contributed by atoms with van der Waals surface area (Å²) in [5.41, 5.74) is 6.74. The van der Waals surface area contributed by atoms with Gasteiger partial charge in [0.15, 0.2) is 15.0 Å². The fourth-order valence-electron chi connectivity index (χ4n) is 3.44. The van der Waals surface area contributed by atoms with Gasteiger partial charge in [-0.15, -0.1) is 0 Å². The predicted octanol–water partition coefficient (Wildman–Crippen LogP) is 4.11. The zero-order valence-electron chi connectivity index (χ0n) is 18.0. The van der Waals surface area contributed by atoms with E-state index in [4.69, 9.17) is 33.7 Å². The van der Waals surface area contributed by atoms with E-state index in [0.29, 0.717) is 30.6 Å². The van der Waals surface area contributed by atoms with Gasteiger partial charge in [0, 0.05) is 25.3 Å². The molecule has 12 heteroatoms. The largest absolute Gasteiger partial charge is 0.382 e. The maximum atomic E-state index is 12.9. The highest BCUT2D eigenvalue weighted by molar-refractivity contribution is 7.91. The van der Waals surface area contributed by atoms with Crippen LogP contribution in [0.1, 0.15) is 15.2 Å². The summed E-state index contributed by atoms with van der Waals surface area (Å²) in [7, 11) is -3.41. The van der Waals surface area contributed by atoms with Crippen molar-refractivity contribution < 1.29 is 17.9 Å². The molecule has 2 aromatic carbocycles. The molecule has 0 bridgehead atoms. The summed E-state index contributed by atoms with van der Waals surface area (Å²) in [4.78, 5) is 19.7. The number of nitrogens with two attached hydrogens (primary N) is 1. The third-order valence-electron chi connectivity index (χ3n) is 5.29. The SMILES string of the molecule is Nc1nc(Nc2ccc(S(=O)(=O)CCN3CCOCC3)cc2)sc1C(=O)c1c(Cl)cccc1Cl. The van der Waals surface area contributed by atoms with Crippen molar-refractivity contribution in [3.05, 3.63) is 63.0 Å². The number of carbonyl (C=O) groups is 1. The fourth-order valence-corrected chi connectivity index (χ4v) is 6.14. The van der Waals surface area contributed by atoms with E-state index < -0.39 is 15.6 Å². The average Bonchev–Trinajstić information content (AvgIpc) is 3.18. The molecule has 1 aliphatic rings. The molecule has 0 unspecified atom stereocenters. The van der Waals surface area contributed by atoms with Crippen LogP contribution in [0.15, 0.2) is 47.4 Å². The minimum absolute atomic E-state index is 0.0405. The fraction of sp³-hybridized carbons (Fsp3) is 0.273. The minimum Gasteiger partial charge on any atom is -0.382 e. The average molecular weight is 541 g/mol. The van der Waals surface area contributed by atoms with E-state index in [9.17, 15) is 13.2 Å². The second-order valence-corrected chi connectivity index (χ2v) is 11.5. The first-order valence-electron chi connectivity index (χ1n) is 10.4. The van der Waals surface area contributed by atoms with E-state index in [-0.39, 0.29) is 37.0 Å². The number of nitrogens with zero attached hydrogens (tertiary/aromatic N) is 2. The van der Waals surface area contributed by atoms with Crippen LogP contribution in [-0.2, 0) is 14.6 Å². The van der Waals surface area contributed by atoms with Crippen LogP contribution in [0.5, 0.6) is 0 Å². The number of hydrogen-bond acceptors (Lipinski definition) is 9. The Bertz CT molecular complexity index is 1270. The molecular formula is C22H22Cl2N4O4S2. The summed E-state index contributed by atoms with van der Waals surface area (Å²) >= 11 is 13.4. The van der Waals surface area contributed by atoms with Gasteiger partial charge in [-0.3, -0.25) is 9.69 Å². The number of rotatable bonds is 8. The number of halogens is 2. The predicted molar refractivity (Wildman–Crippen MR) is 135 cm³/mol. The molecule has 34 heavy (non-hydrogen) atoms. The first-order chi connectivity index (χ1) is 16.2. The Labute approximate surface area is 211 Å². The molecular weight excluding hydrogens is 519 g/mol. The van der Waals surface area contributed by atoms with Crippen molar-refractivity contribution >= 4 is 66.8 Å². The first kappa shape index (κ1) is 24.9. The normalized spacial score (nSPS) is 14.8. The van der Waals surface area contributed by atoms with E-state index in [1.165, 1.54) is 0 Å². The third-order valence-corrected chi connectivity index (χ3v) is 8.62. The second-order valence-electron chi connectivity index (χ2n) is 7.58. The number of anilines is 3. The van der Waals surface area contributed by atoms with Crippen molar-refractivity contribution in [1.82, 2.24) is 9.88 Å². The molecule has 1 aliphatic heterocycles. The number of ketones is 1. The summed E-state index contributed by atoms with van der Waals surface area (Å²) in [5.74, 6) is -0.324. The van der Waals surface area contributed by atoms with Crippen LogP contribution >= 0.6 is 34.5 Å². The van der Waals surface area contributed by atoms with Gasteiger partial charge in [0.2, 0.25) is 5.78 Å². The van der Waals surface area contributed by atoms with Gasteiger partial charge in [-0.25, -0.2) is 13.4 Å². The van der Waals surface area contributed by atoms with Crippen molar-refractivity contribution in [1.29, 1.82) is 0 Å². The molecule has 180 valence electrons. The molecule has 0 radical (unpaired) electrons. The van der Waals surface area contributed by atoms with Crippen LogP contribution in [0, 0.1) is 0 Å². The van der Waals surface area contributed by atoms with Crippen LogP contribution in [0.25, 0.3) is 0 Å². The Balaban J connectivity index is 1.44. The molecule has 0 aliphatic carbocycles. The number of hydrogen-bond donors (Lipinski definition) is 2. The number of ether oxygens (including phenoxy) is 1. The Morgan fingerprint density at radius 3 is 2.41 bits per heavy atom. The van der Waals surface area contributed by atoms with Crippen LogP contribution < -0.4 is 11.1 Å². The third kappa shape index (κ3) is 5.70. The zero-order chi connectivity index (χ0) is 24.3. The highest BCUT2D eigenvalue weighted by Gasteiger charge is 2.23. The highest BCUT2D eigenvalue weighted by atomic mass is 35.5. The van der Waals surface area contributed by atoms with Crippen molar-refractivity contribution in [2.45, 2.75) is 4.90 Å². The topological polar surface area (TPSA) is 115 Å². The highest BCUT2D eigenvalue weighted by Crippen LogP contribution is 2.34. The quantitative estimate of drug-likeness (QED) is 0.410. The van der Waals surface area contributed by atoms with Gasteiger partial charge >= 0.3 is 0 Å². The maximum Gasteiger partial charge on any atom is 0.209 e. The number of thiazole rings is 1. The smallest absolute Gasteiger partial charge is 0.209 e. The molecule has 3 N–H and O–H groups in total. The van der Waals surface area contributed by atoms with Crippen molar-refractivity contribution in [2.24, 2.45) is 0 Å². The summed E-state index contributed by atoms with van der Waals surface area (Å²) in [6.45, 7) is 3.20. The molecule has 1 saturated heterocycles. The van der Waals surface area contributed by atoms with Gasteiger partial charge in [0.1, 0.15) is 10.7 Å². The number of nitrogen functional groups attached to an aromatic ring is 1. The van der Waals surface area contributed by atoms with E-state index in [1.807, 2.05) is 0 Å². The molecule has 0 spiro atoms. The van der Waals surface area contributed by atoms with Crippen LogP contribution in [-0.4, -0.2) is 62.7 Å². The number of carbonyl (C=O) groups excluding carboxylic acids is 1. The Morgan fingerprint density at radius 1 is 1.12 bits per heavy atom. The molecule has 1 fully saturated rings.